The van der Waals surface area contributed by atoms with E-state index in [4.69, 9.17) is 31.7 Å². The van der Waals surface area contributed by atoms with Crippen LogP contribution in [0.25, 0.3) is 0 Å². The maximum atomic E-state index is 7.75. The summed E-state index contributed by atoms with van der Waals surface area (Å²) in [6.07, 6.45) is 0.161. The summed E-state index contributed by atoms with van der Waals surface area (Å²) in [7, 11) is 0. The van der Waals surface area contributed by atoms with Crippen LogP contribution in [0.1, 0.15) is 27.7 Å². The summed E-state index contributed by atoms with van der Waals surface area (Å²) in [5.74, 6) is 0. The highest BCUT2D eigenvalue weighted by atomic mass is 32.9. The van der Waals surface area contributed by atoms with Gasteiger partial charge in [-0.1, -0.05) is 12.2 Å². The van der Waals surface area contributed by atoms with Gasteiger partial charge < -0.3 is 19.9 Å². The van der Waals surface area contributed by atoms with Gasteiger partial charge >= 0.3 is 0 Å². The Morgan fingerprint density at radius 2 is 1.53 bits per heavy atom. The van der Waals surface area contributed by atoms with Crippen molar-refractivity contribution in [3.63, 3.8) is 0 Å². The van der Waals surface area contributed by atoms with Crippen LogP contribution in [0.3, 0.4) is 0 Å². The largest absolute Gasteiger partial charge is 0.395 e. The Balaban J connectivity index is 0. The number of aliphatic hydroxyl groups is 1. The fourth-order valence-electron chi connectivity index (χ4n) is 0.558. The number of rotatable bonds is 5. The molecule has 0 aromatic heterocycles. The van der Waals surface area contributed by atoms with Crippen molar-refractivity contribution in [1.29, 1.82) is 0 Å². The van der Waals surface area contributed by atoms with E-state index in [1.54, 1.807) is 0 Å². The first-order valence-corrected chi connectivity index (χ1v) is 8.54. The number of aliphatic hydroxyl groups excluding tert-OH is 1. The third-order valence-corrected chi connectivity index (χ3v) is 3.28. The quantitative estimate of drug-likeness (QED) is 0.528. The Bertz CT molecular complexity index is 175. The van der Waals surface area contributed by atoms with Crippen molar-refractivity contribution >= 4 is 29.7 Å². The van der Waals surface area contributed by atoms with Crippen molar-refractivity contribution in [2.45, 2.75) is 39.9 Å². The van der Waals surface area contributed by atoms with E-state index in [2.05, 4.69) is 12.2 Å². The summed E-state index contributed by atoms with van der Waals surface area (Å²) in [5, 5.41) is 7.75. The standard InChI is InChI=1S/C6H15O2PS2.C2H7NO/c1-5(2)7-9(10,11)8-6(3)4;3-1-2-4/h5-6H,1-4H3,(H,10,11);4H,1-3H2. The molecule has 0 radical (unpaired) electrons. The summed E-state index contributed by atoms with van der Waals surface area (Å²) in [5.41, 5.74) is 2.50. The molecule has 0 rings (SSSR count). The third-order valence-electron chi connectivity index (χ3n) is 0.817. The summed E-state index contributed by atoms with van der Waals surface area (Å²) < 4.78 is 10.6. The summed E-state index contributed by atoms with van der Waals surface area (Å²) in [6, 6.07) is 0. The van der Waals surface area contributed by atoms with E-state index in [1.165, 1.54) is 0 Å². The molecular weight excluding hydrogens is 253 g/mol. The SMILES string of the molecule is CC(C)OP(=S)(S)OC(C)C.NCCO. The molecule has 0 aliphatic carbocycles. The predicted molar refractivity (Wildman–Crippen MR) is 71.9 cm³/mol. The van der Waals surface area contributed by atoms with Gasteiger partial charge in [-0.05, 0) is 39.5 Å². The van der Waals surface area contributed by atoms with Crippen molar-refractivity contribution in [1.82, 2.24) is 0 Å². The number of hydrogen-bond acceptors (Lipinski definition) is 5. The predicted octanol–water partition coefficient (Wildman–Crippen LogP) is 1.93. The Morgan fingerprint density at radius 1 is 1.27 bits per heavy atom. The Kier molecular flexibility index (Phi) is 12.2. The van der Waals surface area contributed by atoms with Crippen molar-refractivity contribution in [2.24, 2.45) is 5.73 Å². The molecule has 0 saturated heterocycles. The van der Waals surface area contributed by atoms with Crippen LogP contribution >= 0.6 is 17.9 Å². The minimum Gasteiger partial charge on any atom is -0.395 e. The van der Waals surface area contributed by atoms with Crippen LogP contribution in [0.2, 0.25) is 0 Å². The van der Waals surface area contributed by atoms with E-state index in [-0.39, 0.29) is 18.8 Å². The molecule has 7 heteroatoms. The Hall–Kier alpha value is 0.840. The average Bonchev–Trinajstić information content (AvgIpc) is 1.99. The molecule has 15 heavy (non-hydrogen) atoms. The zero-order valence-electron chi connectivity index (χ0n) is 9.71. The lowest BCUT2D eigenvalue weighted by molar-refractivity contribution is 0.186. The number of thiol groups is 1. The second-order valence-corrected chi connectivity index (χ2v) is 8.48. The molecule has 0 spiro atoms. The summed E-state index contributed by atoms with van der Waals surface area (Å²) in [4.78, 5) is 0. The lowest BCUT2D eigenvalue weighted by atomic mass is 10.5. The fourth-order valence-corrected chi connectivity index (χ4v) is 3.84. The number of hydrogen-bond donors (Lipinski definition) is 3. The zero-order chi connectivity index (χ0) is 12.5. The van der Waals surface area contributed by atoms with Gasteiger partial charge in [-0.3, -0.25) is 0 Å². The van der Waals surface area contributed by atoms with Crippen molar-refractivity contribution in [2.75, 3.05) is 13.2 Å². The first-order chi connectivity index (χ1) is 6.75. The summed E-state index contributed by atoms with van der Waals surface area (Å²) in [6.45, 7) is 8.14. The van der Waals surface area contributed by atoms with Gasteiger partial charge in [-0.25, -0.2) is 0 Å². The lowest BCUT2D eigenvalue weighted by Gasteiger charge is -2.20. The van der Waals surface area contributed by atoms with Gasteiger partial charge in [0.25, 0.3) is 0 Å². The highest BCUT2D eigenvalue weighted by Gasteiger charge is 2.16. The minimum absolute atomic E-state index is 0.0806. The van der Waals surface area contributed by atoms with Crippen LogP contribution in [0.4, 0.5) is 0 Å². The fraction of sp³-hybridized carbons (Fsp3) is 1.00. The molecule has 0 heterocycles. The number of nitrogens with two attached hydrogens (primary N) is 1. The smallest absolute Gasteiger partial charge is 0.244 e. The Morgan fingerprint density at radius 3 is 1.67 bits per heavy atom. The van der Waals surface area contributed by atoms with Crippen LogP contribution in [0, 0.1) is 0 Å². The van der Waals surface area contributed by atoms with Gasteiger partial charge in [0.15, 0.2) is 0 Å². The molecule has 94 valence electrons. The maximum Gasteiger partial charge on any atom is 0.244 e. The van der Waals surface area contributed by atoms with Gasteiger partial charge in [-0.15, -0.1) is 0 Å². The van der Waals surface area contributed by atoms with E-state index < -0.39 is 5.69 Å². The van der Waals surface area contributed by atoms with Gasteiger partial charge in [0.1, 0.15) is 0 Å². The molecule has 0 aromatic carbocycles. The van der Waals surface area contributed by atoms with Crippen molar-refractivity contribution in [3.05, 3.63) is 0 Å². The molecule has 3 N–H and O–H groups in total. The molecule has 0 atom stereocenters. The average molecular weight is 275 g/mol. The minimum atomic E-state index is -2.28. The first-order valence-electron chi connectivity index (χ1n) is 4.75. The van der Waals surface area contributed by atoms with Crippen molar-refractivity contribution < 1.29 is 14.2 Å². The highest BCUT2D eigenvalue weighted by molar-refractivity contribution is 8.60. The van der Waals surface area contributed by atoms with E-state index >= 15 is 0 Å². The molecule has 0 fully saturated rings. The summed E-state index contributed by atoms with van der Waals surface area (Å²) >= 11 is 9.17. The molecular formula is C8H22NO3PS2. The normalized spacial score (nSPS) is 11.5. The van der Waals surface area contributed by atoms with E-state index in [9.17, 15) is 0 Å². The molecule has 0 aliphatic heterocycles. The molecule has 0 aromatic rings. The van der Waals surface area contributed by atoms with Gasteiger partial charge in [0, 0.05) is 6.54 Å². The second-order valence-electron chi connectivity index (χ2n) is 3.29. The van der Waals surface area contributed by atoms with Gasteiger partial charge in [0.2, 0.25) is 5.69 Å². The molecule has 0 aliphatic rings. The van der Waals surface area contributed by atoms with Gasteiger partial charge in [-0.2, -0.15) is 0 Å². The van der Waals surface area contributed by atoms with Crippen molar-refractivity contribution in [3.8, 4) is 0 Å². The molecule has 0 saturated carbocycles. The van der Waals surface area contributed by atoms with E-state index in [0.717, 1.165) is 0 Å². The van der Waals surface area contributed by atoms with Crippen LogP contribution in [-0.4, -0.2) is 30.5 Å². The van der Waals surface area contributed by atoms with Gasteiger partial charge in [0.05, 0.1) is 18.8 Å². The molecule has 0 unspecified atom stereocenters. The lowest BCUT2D eigenvalue weighted by Crippen LogP contribution is -2.04. The Labute approximate surface area is 103 Å². The van der Waals surface area contributed by atoms with E-state index in [1.807, 2.05) is 27.7 Å². The molecule has 4 nitrogen and oxygen atoms in total. The van der Waals surface area contributed by atoms with Crippen LogP contribution in [0.5, 0.6) is 0 Å². The monoisotopic (exact) mass is 275 g/mol. The topological polar surface area (TPSA) is 64.7 Å². The third kappa shape index (κ3) is 17.5. The van der Waals surface area contributed by atoms with E-state index in [0.29, 0.717) is 6.54 Å². The molecule has 0 amide bonds. The van der Waals surface area contributed by atoms with Crippen LogP contribution in [-0.2, 0) is 20.9 Å². The van der Waals surface area contributed by atoms with Crippen LogP contribution in [0.15, 0.2) is 0 Å². The first kappa shape index (κ1) is 18.2. The maximum absolute atomic E-state index is 7.75. The highest BCUT2D eigenvalue weighted by Crippen LogP contribution is 2.55. The van der Waals surface area contributed by atoms with Crippen LogP contribution < -0.4 is 5.73 Å². The zero-order valence-corrected chi connectivity index (χ0v) is 12.3. The second kappa shape index (κ2) is 10.0. The molecule has 0 bridgehead atoms.